The third-order valence-electron chi connectivity index (χ3n) is 14.5. The minimum atomic E-state index is -0.780. The quantitative estimate of drug-likeness (QED) is 0.0261. The van der Waals surface area contributed by atoms with Crippen molar-refractivity contribution >= 4 is 17.9 Å². The summed E-state index contributed by atoms with van der Waals surface area (Å²) in [5.74, 6) is -0.875. The monoisotopic (exact) mass is 1110 g/mol. The van der Waals surface area contributed by atoms with E-state index in [0.29, 0.717) is 19.3 Å². The molecule has 1 atom stereocenters. The number of hydrogen-bond donors (Lipinski definition) is 0. The molecule has 0 saturated carbocycles. The van der Waals surface area contributed by atoms with Crippen molar-refractivity contribution in [2.45, 2.75) is 329 Å². The predicted molar refractivity (Wildman–Crippen MR) is 348 cm³/mol. The molecule has 0 fully saturated rings. The van der Waals surface area contributed by atoms with E-state index in [1.165, 1.54) is 161 Å². The van der Waals surface area contributed by atoms with E-state index in [9.17, 15) is 14.4 Å². The van der Waals surface area contributed by atoms with Gasteiger partial charge >= 0.3 is 17.9 Å². The Morgan fingerprint density at radius 3 is 0.762 bits per heavy atom. The normalized spacial score (nSPS) is 12.8. The largest absolute Gasteiger partial charge is 0.462 e. The van der Waals surface area contributed by atoms with Crippen molar-refractivity contribution in [3.05, 3.63) is 109 Å². The minimum absolute atomic E-state index is 0.0765. The fraction of sp³-hybridized carbons (Fsp3) is 0.716. The third kappa shape index (κ3) is 64.9. The second-order valence-corrected chi connectivity index (χ2v) is 22.4. The molecule has 0 rings (SSSR count). The zero-order chi connectivity index (χ0) is 57.8. The molecule has 0 saturated heterocycles. The number of carbonyl (C=O) groups excluding carboxylic acids is 3. The summed E-state index contributed by atoms with van der Waals surface area (Å²) >= 11 is 0. The second-order valence-electron chi connectivity index (χ2n) is 22.4. The molecule has 0 radical (unpaired) electrons. The highest BCUT2D eigenvalue weighted by Gasteiger charge is 2.19. The molecule has 0 aliphatic carbocycles. The van der Waals surface area contributed by atoms with E-state index in [2.05, 4.69) is 130 Å². The van der Waals surface area contributed by atoms with Gasteiger partial charge in [-0.25, -0.2) is 0 Å². The molecule has 0 amide bonds. The van der Waals surface area contributed by atoms with E-state index < -0.39 is 6.10 Å². The van der Waals surface area contributed by atoms with Gasteiger partial charge in [0, 0.05) is 19.3 Å². The maximum atomic E-state index is 12.9. The molecule has 0 aliphatic heterocycles. The molecular formula is C74H126O6. The highest BCUT2D eigenvalue weighted by Crippen LogP contribution is 2.17. The Balaban J connectivity index is 4.23. The molecule has 80 heavy (non-hydrogen) atoms. The van der Waals surface area contributed by atoms with Gasteiger partial charge in [-0.15, -0.1) is 0 Å². The van der Waals surface area contributed by atoms with Gasteiger partial charge in [0.25, 0.3) is 0 Å². The molecule has 0 aromatic heterocycles. The molecule has 0 heterocycles. The van der Waals surface area contributed by atoms with Crippen LogP contribution in [0, 0.1) is 0 Å². The number of rotatable bonds is 61. The van der Waals surface area contributed by atoms with Crippen LogP contribution in [-0.2, 0) is 28.6 Å². The van der Waals surface area contributed by atoms with Crippen LogP contribution < -0.4 is 0 Å². The van der Waals surface area contributed by atoms with Gasteiger partial charge in [-0.05, 0) is 89.9 Å². The van der Waals surface area contributed by atoms with Crippen molar-refractivity contribution in [2.24, 2.45) is 0 Å². The van der Waals surface area contributed by atoms with Crippen molar-refractivity contribution < 1.29 is 28.6 Å². The molecular weight excluding hydrogens is 985 g/mol. The van der Waals surface area contributed by atoms with Crippen LogP contribution in [0.1, 0.15) is 323 Å². The van der Waals surface area contributed by atoms with E-state index in [1.807, 2.05) is 0 Å². The fourth-order valence-corrected chi connectivity index (χ4v) is 9.50. The first kappa shape index (κ1) is 76.1. The molecule has 6 heteroatoms. The molecule has 0 spiro atoms. The summed E-state index contributed by atoms with van der Waals surface area (Å²) < 4.78 is 16.9. The zero-order valence-electron chi connectivity index (χ0n) is 52.6. The maximum Gasteiger partial charge on any atom is 0.306 e. The smallest absolute Gasteiger partial charge is 0.306 e. The molecule has 0 bridgehead atoms. The van der Waals surface area contributed by atoms with Gasteiger partial charge in [0.2, 0.25) is 0 Å². The summed E-state index contributed by atoms with van der Waals surface area (Å²) in [6, 6.07) is 0. The van der Waals surface area contributed by atoms with Crippen LogP contribution in [0.3, 0.4) is 0 Å². The summed E-state index contributed by atoms with van der Waals surface area (Å²) in [4.78, 5) is 38.3. The summed E-state index contributed by atoms with van der Waals surface area (Å²) in [5.41, 5.74) is 0. The average Bonchev–Trinajstić information content (AvgIpc) is 3.46. The first-order valence-corrected chi connectivity index (χ1v) is 33.9. The van der Waals surface area contributed by atoms with Gasteiger partial charge in [-0.1, -0.05) is 323 Å². The first-order valence-electron chi connectivity index (χ1n) is 33.9. The van der Waals surface area contributed by atoms with Crippen molar-refractivity contribution in [3.8, 4) is 0 Å². The van der Waals surface area contributed by atoms with Crippen molar-refractivity contribution in [1.29, 1.82) is 0 Å². The summed E-state index contributed by atoms with van der Waals surface area (Å²) in [7, 11) is 0. The number of hydrogen-bond acceptors (Lipinski definition) is 6. The lowest BCUT2D eigenvalue weighted by Crippen LogP contribution is -2.30. The third-order valence-corrected chi connectivity index (χ3v) is 14.5. The number of ether oxygens (including phenoxy) is 3. The predicted octanol–water partition coefficient (Wildman–Crippen LogP) is 23.4. The summed E-state index contributed by atoms with van der Waals surface area (Å²) in [5, 5.41) is 0. The Hall–Kier alpha value is -3.93. The van der Waals surface area contributed by atoms with E-state index in [0.717, 1.165) is 122 Å². The Bertz CT molecular complexity index is 1610. The minimum Gasteiger partial charge on any atom is -0.462 e. The highest BCUT2D eigenvalue weighted by molar-refractivity contribution is 5.71. The number of esters is 3. The highest BCUT2D eigenvalue weighted by atomic mass is 16.6. The Labute approximate surface area is 495 Å². The SMILES string of the molecule is CC/C=C\C/C=C\C/C=C\C/C=C\C/C=C\C/C=C\C/C=C\C/C=C\C/C=C\CCCCCCCCCC(=O)OCC(COC(=O)CCCCCCCCCCCCCC)OC(=O)CCCCCCCCCCCCCCCCC. The van der Waals surface area contributed by atoms with E-state index in [4.69, 9.17) is 14.2 Å². The standard InChI is InChI=1S/C74H126O6/c1-4-7-10-13-16-19-22-25-27-28-29-30-31-32-33-34-35-36-37-38-39-40-41-42-43-44-45-46-48-49-52-55-58-61-64-67-73(76)79-70-71(69-78-72(75)66-63-60-57-54-51-24-21-18-15-12-9-6-3)80-74(77)68-65-62-59-56-53-50-47-26-23-20-17-14-11-8-5-2/h7,10,16,19,25,27,29-30,32-33,35-36,38-39,41-42,44-45,71H,4-6,8-9,11-15,17-18,20-24,26,28,31,34,37,40,43,46-70H2,1-3H3/b10-7-,19-16-,27-25-,30-29-,33-32-,36-35-,39-38-,42-41-,45-44-. The maximum absolute atomic E-state index is 12.9. The topological polar surface area (TPSA) is 78.9 Å². The molecule has 0 aliphatic rings. The Kier molecular flexibility index (Phi) is 64.3. The van der Waals surface area contributed by atoms with Crippen LogP contribution in [0.5, 0.6) is 0 Å². The van der Waals surface area contributed by atoms with Gasteiger partial charge < -0.3 is 14.2 Å². The van der Waals surface area contributed by atoms with Crippen LogP contribution in [0.4, 0.5) is 0 Å². The van der Waals surface area contributed by atoms with Crippen molar-refractivity contribution in [3.63, 3.8) is 0 Å². The van der Waals surface area contributed by atoms with Crippen LogP contribution in [0.2, 0.25) is 0 Å². The molecule has 0 aromatic rings. The van der Waals surface area contributed by atoms with Gasteiger partial charge in [-0.2, -0.15) is 0 Å². The lowest BCUT2D eigenvalue weighted by Gasteiger charge is -2.18. The lowest BCUT2D eigenvalue weighted by molar-refractivity contribution is -0.167. The number of carbonyl (C=O) groups is 3. The Morgan fingerprint density at radius 1 is 0.263 bits per heavy atom. The van der Waals surface area contributed by atoms with Crippen molar-refractivity contribution in [2.75, 3.05) is 13.2 Å². The first-order chi connectivity index (χ1) is 39.5. The van der Waals surface area contributed by atoms with Gasteiger partial charge in [-0.3, -0.25) is 14.4 Å². The number of allylic oxidation sites excluding steroid dienone is 18. The van der Waals surface area contributed by atoms with Gasteiger partial charge in [0.1, 0.15) is 13.2 Å². The molecule has 0 aromatic carbocycles. The van der Waals surface area contributed by atoms with E-state index >= 15 is 0 Å². The molecule has 6 nitrogen and oxygen atoms in total. The Morgan fingerprint density at radius 2 is 0.487 bits per heavy atom. The van der Waals surface area contributed by atoms with Gasteiger partial charge in [0.15, 0.2) is 6.10 Å². The fourth-order valence-electron chi connectivity index (χ4n) is 9.50. The van der Waals surface area contributed by atoms with Crippen LogP contribution in [-0.4, -0.2) is 37.2 Å². The summed E-state index contributed by atoms with van der Waals surface area (Å²) in [6.07, 6.45) is 92.5. The van der Waals surface area contributed by atoms with Crippen LogP contribution >= 0.6 is 0 Å². The van der Waals surface area contributed by atoms with E-state index in [-0.39, 0.29) is 31.1 Å². The van der Waals surface area contributed by atoms with E-state index in [1.54, 1.807) is 0 Å². The summed E-state index contributed by atoms with van der Waals surface area (Å²) in [6.45, 7) is 6.54. The second kappa shape index (κ2) is 67.6. The number of unbranched alkanes of at least 4 members (excludes halogenated alkanes) is 32. The molecule has 458 valence electrons. The van der Waals surface area contributed by atoms with Crippen LogP contribution in [0.15, 0.2) is 109 Å². The zero-order valence-corrected chi connectivity index (χ0v) is 52.6. The lowest BCUT2D eigenvalue weighted by atomic mass is 10.0. The van der Waals surface area contributed by atoms with Crippen LogP contribution in [0.25, 0.3) is 0 Å². The van der Waals surface area contributed by atoms with Crippen molar-refractivity contribution in [1.82, 2.24) is 0 Å². The molecule has 0 N–H and O–H groups in total. The average molecular weight is 1110 g/mol. The van der Waals surface area contributed by atoms with Gasteiger partial charge in [0.05, 0.1) is 0 Å². The molecule has 1 unspecified atom stereocenters.